The third kappa shape index (κ3) is 3.16. The molecular formula is C22H18N6. The van der Waals surface area contributed by atoms with Gasteiger partial charge in [-0.2, -0.15) is 0 Å². The summed E-state index contributed by atoms with van der Waals surface area (Å²) in [6.45, 7) is 0.716. The van der Waals surface area contributed by atoms with Gasteiger partial charge in [0.2, 0.25) is 0 Å². The second kappa shape index (κ2) is 7.08. The van der Waals surface area contributed by atoms with Gasteiger partial charge in [0.05, 0.1) is 16.6 Å². The number of anilines is 1. The Balaban J connectivity index is 1.42. The van der Waals surface area contributed by atoms with E-state index in [0.717, 1.165) is 45.6 Å². The van der Waals surface area contributed by atoms with E-state index in [1.165, 1.54) is 0 Å². The monoisotopic (exact) mass is 366 g/mol. The smallest absolute Gasteiger partial charge is 0.163 e. The van der Waals surface area contributed by atoms with Crippen LogP contribution in [-0.4, -0.2) is 31.5 Å². The Hall–Kier alpha value is -3.80. The van der Waals surface area contributed by atoms with Crippen LogP contribution in [0.3, 0.4) is 0 Å². The molecule has 2 aromatic carbocycles. The van der Waals surface area contributed by atoms with E-state index in [9.17, 15) is 0 Å². The van der Waals surface area contributed by atoms with Crippen molar-refractivity contribution >= 4 is 27.8 Å². The predicted molar refractivity (Wildman–Crippen MR) is 111 cm³/mol. The summed E-state index contributed by atoms with van der Waals surface area (Å²) in [5, 5.41) is 4.46. The van der Waals surface area contributed by atoms with Gasteiger partial charge in [-0.3, -0.25) is 4.98 Å². The third-order valence-corrected chi connectivity index (χ3v) is 4.62. The second-order valence-electron chi connectivity index (χ2n) is 6.53. The molecule has 5 aromatic rings. The summed E-state index contributed by atoms with van der Waals surface area (Å²) >= 11 is 0. The average molecular weight is 366 g/mol. The number of para-hydroxylation sites is 3. The van der Waals surface area contributed by atoms with Crippen molar-refractivity contribution in [3.8, 4) is 11.4 Å². The Kier molecular flexibility index (Phi) is 4.14. The molecule has 6 heteroatoms. The number of aromatic amines is 1. The van der Waals surface area contributed by atoms with E-state index in [0.29, 0.717) is 12.4 Å². The van der Waals surface area contributed by atoms with Crippen LogP contribution in [0, 0.1) is 0 Å². The quantitative estimate of drug-likeness (QED) is 0.487. The molecule has 0 aliphatic rings. The SMILES string of the molecule is c1cncc(-c2nc(NCCc3nc4ccccc4[nH]3)c3ccccc3n2)c1. The van der Waals surface area contributed by atoms with Crippen LogP contribution >= 0.6 is 0 Å². The molecule has 0 aliphatic heterocycles. The zero-order valence-electron chi connectivity index (χ0n) is 15.1. The van der Waals surface area contributed by atoms with Crippen molar-refractivity contribution in [1.82, 2.24) is 24.9 Å². The molecule has 3 aromatic heterocycles. The van der Waals surface area contributed by atoms with Gasteiger partial charge in [-0.25, -0.2) is 15.0 Å². The van der Waals surface area contributed by atoms with E-state index >= 15 is 0 Å². The zero-order valence-corrected chi connectivity index (χ0v) is 15.1. The Labute approximate surface area is 161 Å². The molecule has 0 bridgehead atoms. The molecule has 2 N–H and O–H groups in total. The van der Waals surface area contributed by atoms with Crippen LogP contribution in [0.5, 0.6) is 0 Å². The number of imidazole rings is 1. The fourth-order valence-electron chi connectivity index (χ4n) is 3.26. The van der Waals surface area contributed by atoms with Crippen molar-refractivity contribution in [3.63, 3.8) is 0 Å². The lowest BCUT2D eigenvalue weighted by atomic mass is 10.2. The molecule has 136 valence electrons. The van der Waals surface area contributed by atoms with Gasteiger partial charge in [0.1, 0.15) is 11.6 Å². The average Bonchev–Trinajstić information content (AvgIpc) is 3.17. The van der Waals surface area contributed by atoms with Gasteiger partial charge in [-0.15, -0.1) is 0 Å². The van der Waals surface area contributed by atoms with E-state index in [2.05, 4.69) is 20.3 Å². The Morgan fingerprint density at radius 3 is 2.54 bits per heavy atom. The summed E-state index contributed by atoms with van der Waals surface area (Å²) < 4.78 is 0. The first kappa shape index (κ1) is 16.4. The van der Waals surface area contributed by atoms with Gasteiger partial charge in [0, 0.05) is 36.3 Å². The summed E-state index contributed by atoms with van der Waals surface area (Å²) in [6.07, 6.45) is 4.30. The van der Waals surface area contributed by atoms with Crippen LogP contribution in [0.2, 0.25) is 0 Å². The highest BCUT2D eigenvalue weighted by Crippen LogP contribution is 2.24. The highest BCUT2D eigenvalue weighted by atomic mass is 15.0. The number of benzene rings is 2. The number of nitrogens with one attached hydrogen (secondary N) is 2. The number of rotatable bonds is 5. The standard InChI is InChI=1S/C22H18N6/c1-2-8-17-16(7-1)22(28-21(27-17)15-6-5-12-23-14-15)24-13-11-20-25-18-9-3-4-10-19(18)26-20/h1-10,12,14H,11,13H2,(H,25,26)(H,24,27,28). The molecule has 0 radical (unpaired) electrons. The van der Waals surface area contributed by atoms with E-state index in [1.807, 2.05) is 60.7 Å². The lowest BCUT2D eigenvalue weighted by molar-refractivity contribution is 0.929. The first-order valence-corrected chi connectivity index (χ1v) is 9.21. The maximum absolute atomic E-state index is 4.75. The van der Waals surface area contributed by atoms with Gasteiger partial charge in [-0.05, 0) is 36.4 Å². The first-order valence-electron chi connectivity index (χ1n) is 9.21. The molecule has 0 spiro atoms. The van der Waals surface area contributed by atoms with Crippen molar-refractivity contribution < 1.29 is 0 Å². The minimum absolute atomic E-state index is 0.665. The fourth-order valence-corrected chi connectivity index (χ4v) is 3.26. The van der Waals surface area contributed by atoms with Crippen molar-refractivity contribution in [2.45, 2.75) is 6.42 Å². The topological polar surface area (TPSA) is 79.4 Å². The molecule has 28 heavy (non-hydrogen) atoms. The zero-order chi connectivity index (χ0) is 18.8. The Bertz CT molecular complexity index is 1210. The summed E-state index contributed by atoms with van der Waals surface area (Å²) in [5.41, 5.74) is 3.85. The van der Waals surface area contributed by atoms with Crippen LogP contribution < -0.4 is 5.32 Å². The molecule has 0 saturated carbocycles. The van der Waals surface area contributed by atoms with Gasteiger partial charge in [0.25, 0.3) is 0 Å². The Morgan fingerprint density at radius 2 is 1.68 bits per heavy atom. The molecular weight excluding hydrogens is 348 g/mol. The van der Waals surface area contributed by atoms with Crippen LogP contribution in [0.15, 0.2) is 73.1 Å². The number of nitrogens with zero attached hydrogens (tertiary/aromatic N) is 4. The molecule has 0 fully saturated rings. The summed E-state index contributed by atoms with van der Waals surface area (Å²) in [5.74, 6) is 2.44. The van der Waals surface area contributed by atoms with Crippen LogP contribution in [0.1, 0.15) is 5.82 Å². The first-order chi connectivity index (χ1) is 13.9. The van der Waals surface area contributed by atoms with Crippen molar-refractivity contribution in [1.29, 1.82) is 0 Å². The van der Waals surface area contributed by atoms with Gasteiger partial charge >= 0.3 is 0 Å². The van der Waals surface area contributed by atoms with Crippen LogP contribution in [-0.2, 0) is 6.42 Å². The maximum Gasteiger partial charge on any atom is 0.163 e. The largest absolute Gasteiger partial charge is 0.369 e. The highest BCUT2D eigenvalue weighted by molar-refractivity contribution is 5.90. The number of fused-ring (bicyclic) bond motifs is 2. The number of pyridine rings is 1. The van der Waals surface area contributed by atoms with Gasteiger partial charge in [-0.1, -0.05) is 24.3 Å². The number of H-pyrrole nitrogens is 1. The Morgan fingerprint density at radius 1 is 0.821 bits per heavy atom. The molecule has 6 nitrogen and oxygen atoms in total. The molecule has 0 amide bonds. The van der Waals surface area contributed by atoms with E-state index < -0.39 is 0 Å². The van der Waals surface area contributed by atoms with Crippen LogP contribution in [0.4, 0.5) is 5.82 Å². The third-order valence-electron chi connectivity index (χ3n) is 4.62. The van der Waals surface area contributed by atoms with Gasteiger partial charge in [0.15, 0.2) is 5.82 Å². The molecule has 0 atom stereocenters. The summed E-state index contributed by atoms with van der Waals surface area (Å²) in [7, 11) is 0. The number of hydrogen-bond donors (Lipinski definition) is 2. The minimum Gasteiger partial charge on any atom is -0.369 e. The summed E-state index contributed by atoms with van der Waals surface area (Å²) in [4.78, 5) is 21.6. The molecule has 3 heterocycles. The number of aromatic nitrogens is 5. The second-order valence-corrected chi connectivity index (χ2v) is 6.53. The van der Waals surface area contributed by atoms with E-state index in [1.54, 1.807) is 12.4 Å². The van der Waals surface area contributed by atoms with E-state index in [4.69, 9.17) is 9.97 Å². The molecule has 0 aliphatic carbocycles. The fraction of sp³-hybridized carbons (Fsp3) is 0.0909. The molecule has 5 rings (SSSR count). The van der Waals surface area contributed by atoms with Crippen molar-refractivity contribution in [2.24, 2.45) is 0 Å². The van der Waals surface area contributed by atoms with Crippen LogP contribution in [0.25, 0.3) is 33.3 Å². The maximum atomic E-state index is 4.75. The molecule has 0 unspecified atom stereocenters. The highest BCUT2D eigenvalue weighted by Gasteiger charge is 2.09. The lowest BCUT2D eigenvalue weighted by Crippen LogP contribution is -2.09. The lowest BCUT2D eigenvalue weighted by Gasteiger charge is -2.10. The normalized spacial score (nSPS) is 11.1. The summed E-state index contributed by atoms with van der Waals surface area (Å²) in [6, 6.07) is 19.9. The van der Waals surface area contributed by atoms with Crippen molar-refractivity contribution in [2.75, 3.05) is 11.9 Å². The predicted octanol–water partition coefficient (Wildman–Crippen LogP) is 4.22. The van der Waals surface area contributed by atoms with Gasteiger partial charge < -0.3 is 10.3 Å². The number of hydrogen-bond acceptors (Lipinski definition) is 5. The minimum atomic E-state index is 0.665. The molecule has 0 saturated heterocycles. The van der Waals surface area contributed by atoms with E-state index in [-0.39, 0.29) is 0 Å². The van der Waals surface area contributed by atoms with Crippen molar-refractivity contribution in [3.05, 3.63) is 78.9 Å².